The molecule has 0 radical (unpaired) electrons. The number of esters is 2. The van der Waals surface area contributed by atoms with Crippen LogP contribution >= 0.6 is 0 Å². The van der Waals surface area contributed by atoms with E-state index in [1.54, 1.807) is 0 Å². The normalized spacial score (nSPS) is 18.5. The zero-order chi connectivity index (χ0) is 25.9. The number of cyclic esters (lactones) is 1. The first-order valence-electron chi connectivity index (χ1n) is 14.5. The Labute approximate surface area is 222 Å². The minimum atomic E-state index is -0.632. The first-order chi connectivity index (χ1) is 16.9. The quantitative estimate of drug-likeness (QED) is 0.0871. The molecule has 0 aromatic rings. The van der Waals surface area contributed by atoms with Crippen molar-refractivity contribution in [3.05, 3.63) is 0 Å². The van der Waals surface area contributed by atoms with Crippen molar-refractivity contribution < 1.29 is 23.9 Å². The smallest absolute Gasteiger partial charge is 0.328 e. The van der Waals surface area contributed by atoms with Gasteiger partial charge in [0.15, 0.2) is 0 Å². The molecule has 0 aromatic carbocycles. The van der Waals surface area contributed by atoms with Gasteiger partial charge in [0.05, 0.1) is 5.92 Å². The predicted octanol–water partition coefficient (Wildman–Crippen LogP) is 7.52. The van der Waals surface area contributed by atoms with Crippen molar-refractivity contribution in [3.63, 3.8) is 0 Å². The molecule has 0 aromatic heterocycles. The third-order valence-corrected chi connectivity index (χ3v) is 7.06. The maximum atomic E-state index is 12.9. The fraction of sp³-hybridized carbons (Fsp3) is 0.900. The molecule has 6 nitrogen and oxygen atoms in total. The van der Waals surface area contributed by atoms with Crippen molar-refractivity contribution in [2.75, 3.05) is 0 Å². The molecule has 0 aliphatic carbocycles. The van der Waals surface area contributed by atoms with Gasteiger partial charge in [0.25, 0.3) is 0 Å². The average Bonchev–Trinajstić information content (AvgIpc) is 2.81. The number of carbonyl (C=O) groups is 3. The molecular formula is C30H57NO5. The SMILES string of the molecule is C.CCCCCCCCCCC[C@@H](C[C@@H]1OC(=O)[C@H]1CCCCCC)OC(=O)[C@H](CC(C)C)NC=O. The minimum absolute atomic E-state index is 0. The van der Waals surface area contributed by atoms with Gasteiger partial charge in [0, 0.05) is 6.42 Å². The molecule has 4 atom stereocenters. The predicted molar refractivity (Wildman–Crippen MR) is 148 cm³/mol. The second kappa shape index (κ2) is 21.5. The lowest BCUT2D eigenvalue weighted by atomic mass is 9.86. The number of rotatable bonds is 23. The number of nitrogens with one attached hydrogen (secondary N) is 1. The van der Waals surface area contributed by atoms with Gasteiger partial charge >= 0.3 is 11.9 Å². The molecule has 0 bridgehead atoms. The molecule has 0 spiro atoms. The van der Waals surface area contributed by atoms with Crippen LogP contribution in [0.4, 0.5) is 0 Å². The molecule has 1 aliphatic heterocycles. The van der Waals surface area contributed by atoms with Gasteiger partial charge in [-0.2, -0.15) is 0 Å². The highest BCUT2D eigenvalue weighted by molar-refractivity contribution is 5.79. The Kier molecular flexibility index (Phi) is 20.5. The van der Waals surface area contributed by atoms with Gasteiger partial charge in [-0.15, -0.1) is 0 Å². The van der Waals surface area contributed by atoms with Gasteiger partial charge < -0.3 is 14.8 Å². The Bertz CT molecular complexity index is 580. The summed E-state index contributed by atoms with van der Waals surface area (Å²) in [6, 6.07) is -0.632. The first kappa shape index (κ1) is 34.4. The van der Waals surface area contributed by atoms with Crippen molar-refractivity contribution in [2.24, 2.45) is 11.8 Å². The fourth-order valence-corrected chi connectivity index (χ4v) is 4.90. The summed E-state index contributed by atoms with van der Waals surface area (Å²) in [5.74, 6) is -0.302. The number of hydrogen-bond acceptors (Lipinski definition) is 5. The van der Waals surface area contributed by atoms with Crippen molar-refractivity contribution in [1.82, 2.24) is 5.32 Å². The van der Waals surface area contributed by atoms with Crippen LogP contribution in [-0.2, 0) is 23.9 Å². The second-order valence-corrected chi connectivity index (χ2v) is 10.8. The van der Waals surface area contributed by atoms with Crippen LogP contribution in [0.1, 0.15) is 144 Å². The molecule has 1 aliphatic rings. The summed E-state index contributed by atoms with van der Waals surface area (Å²) >= 11 is 0. The van der Waals surface area contributed by atoms with Crippen molar-refractivity contribution in [2.45, 2.75) is 163 Å². The summed E-state index contributed by atoms with van der Waals surface area (Å²) in [4.78, 5) is 36.0. The van der Waals surface area contributed by atoms with Crippen LogP contribution in [0.25, 0.3) is 0 Å². The summed E-state index contributed by atoms with van der Waals surface area (Å²) in [5.41, 5.74) is 0. The summed E-state index contributed by atoms with van der Waals surface area (Å²) in [7, 11) is 0. The topological polar surface area (TPSA) is 81.7 Å². The molecule has 6 heteroatoms. The number of amides is 1. The standard InChI is InChI=1S/C29H53NO5.CH4/c1-5-7-9-11-12-13-14-15-16-18-24(34-29(33)26(30-22-31)20-23(3)4)21-27-25(28(32)35-27)19-17-10-8-6-2;/h22-27H,5-21H2,1-4H3,(H,30,31);1H4/t24-,25-,26-,27-;/m0./s1. The van der Waals surface area contributed by atoms with Crippen LogP contribution in [0.2, 0.25) is 0 Å². The van der Waals surface area contributed by atoms with Gasteiger partial charge in [-0.3, -0.25) is 9.59 Å². The van der Waals surface area contributed by atoms with Crippen LogP contribution in [0.15, 0.2) is 0 Å². The summed E-state index contributed by atoms with van der Waals surface area (Å²) < 4.78 is 11.4. The molecule has 0 saturated carbocycles. The highest BCUT2D eigenvalue weighted by atomic mass is 16.6. The molecule has 1 amide bonds. The zero-order valence-electron chi connectivity index (χ0n) is 23.0. The maximum Gasteiger partial charge on any atom is 0.328 e. The molecule has 0 unspecified atom stereocenters. The Balaban J connectivity index is 0.0000122. The lowest BCUT2D eigenvalue weighted by molar-refractivity contribution is -0.190. The first-order valence-corrected chi connectivity index (χ1v) is 14.5. The maximum absolute atomic E-state index is 12.9. The van der Waals surface area contributed by atoms with Gasteiger partial charge in [0.2, 0.25) is 6.41 Å². The average molecular weight is 512 g/mol. The molecule has 1 N–H and O–H groups in total. The number of hydrogen-bond donors (Lipinski definition) is 1. The van der Waals surface area contributed by atoms with Gasteiger partial charge in [-0.25, -0.2) is 4.79 Å². The Morgan fingerprint density at radius 1 is 0.944 bits per heavy atom. The number of unbranched alkanes of at least 4 members (excludes halogenated alkanes) is 11. The molecule has 1 heterocycles. The van der Waals surface area contributed by atoms with E-state index >= 15 is 0 Å². The Morgan fingerprint density at radius 3 is 2.03 bits per heavy atom. The van der Waals surface area contributed by atoms with E-state index in [1.165, 1.54) is 57.8 Å². The van der Waals surface area contributed by atoms with Crippen molar-refractivity contribution in [3.8, 4) is 0 Å². The number of carbonyl (C=O) groups excluding carboxylic acids is 3. The van der Waals surface area contributed by atoms with Gasteiger partial charge in [-0.05, 0) is 31.6 Å². The summed E-state index contributed by atoms with van der Waals surface area (Å²) in [6.45, 7) is 8.45. The van der Waals surface area contributed by atoms with Crippen molar-refractivity contribution >= 4 is 18.3 Å². The highest BCUT2D eigenvalue weighted by Crippen LogP contribution is 2.32. The van der Waals surface area contributed by atoms with E-state index in [2.05, 4.69) is 19.2 Å². The Morgan fingerprint density at radius 2 is 1.50 bits per heavy atom. The van der Waals surface area contributed by atoms with Crippen LogP contribution in [0.3, 0.4) is 0 Å². The fourth-order valence-electron chi connectivity index (χ4n) is 4.90. The monoisotopic (exact) mass is 511 g/mol. The Hall–Kier alpha value is -1.59. The van der Waals surface area contributed by atoms with Crippen LogP contribution in [0.5, 0.6) is 0 Å². The van der Waals surface area contributed by atoms with E-state index in [0.29, 0.717) is 19.3 Å². The van der Waals surface area contributed by atoms with Crippen LogP contribution in [0, 0.1) is 11.8 Å². The number of ether oxygens (including phenoxy) is 2. The third kappa shape index (κ3) is 14.8. The van der Waals surface area contributed by atoms with E-state index in [-0.39, 0.29) is 43.4 Å². The third-order valence-electron chi connectivity index (χ3n) is 7.06. The summed E-state index contributed by atoms with van der Waals surface area (Å²) in [5, 5.41) is 2.62. The highest BCUT2D eigenvalue weighted by Gasteiger charge is 2.43. The van der Waals surface area contributed by atoms with E-state index < -0.39 is 6.04 Å². The largest absolute Gasteiger partial charge is 0.461 e. The second-order valence-electron chi connectivity index (χ2n) is 10.8. The minimum Gasteiger partial charge on any atom is -0.461 e. The summed E-state index contributed by atoms with van der Waals surface area (Å²) in [6.07, 6.45) is 18.5. The van der Waals surface area contributed by atoms with E-state index in [0.717, 1.165) is 38.5 Å². The lowest BCUT2D eigenvalue weighted by Crippen LogP contribution is -2.48. The molecule has 1 rings (SSSR count). The molecule has 1 fully saturated rings. The molecule has 36 heavy (non-hydrogen) atoms. The molecular weight excluding hydrogens is 454 g/mol. The lowest BCUT2D eigenvalue weighted by Gasteiger charge is -2.37. The van der Waals surface area contributed by atoms with Crippen LogP contribution < -0.4 is 5.32 Å². The van der Waals surface area contributed by atoms with Gasteiger partial charge in [0.1, 0.15) is 18.2 Å². The van der Waals surface area contributed by atoms with E-state index in [4.69, 9.17) is 9.47 Å². The zero-order valence-corrected chi connectivity index (χ0v) is 23.0. The van der Waals surface area contributed by atoms with E-state index in [1.807, 2.05) is 13.8 Å². The molecule has 212 valence electrons. The molecule has 1 saturated heterocycles. The van der Waals surface area contributed by atoms with E-state index in [9.17, 15) is 14.4 Å². The van der Waals surface area contributed by atoms with Crippen LogP contribution in [-0.4, -0.2) is 36.6 Å². The van der Waals surface area contributed by atoms with Gasteiger partial charge in [-0.1, -0.05) is 112 Å². The van der Waals surface area contributed by atoms with Crippen molar-refractivity contribution in [1.29, 1.82) is 0 Å².